The summed E-state index contributed by atoms with van der Waals surface area (Å²) >= 11 is 0. The van der Waals surface area contributed by atoms with Gasteiger partial charge in [-0.2, -0.15) is 4.98 Å². The van der Waals surface area contributed by atoms with Gasteiger partial charge in [-0.15, -0.1) is 0 Å². The SMILES string of the molecule is Cc1cc(Nc2ccnc(Nc3ccc(C4CC(O)(CN5CCCC5)CCN4C=O)cc3)n2)ccc1F. The van der Waals surface area contributed by atoms with Gasteiger partial charge >= 0.3 is 0 Å². The van der Waals surface area contributed by atoms with Crippen LogP contribution in [0.1, 0.15) is 42.9 Å². The number of halogens is 1. The van der Waals surface area contributed by atoms with Crippen molar-refractivity contribution in [3.8, 4) is 0 Å². The molecule has 0 spiro atoms. The molecular formula is C28H33FN6O2. The smallest absolute Gasteiger partial charge is 0.229 e. The molecule has 2 aromatic carbocycles. The molecule has 2 fully saturated rings. The first-order valence-corrected chi connectivity index (χ1v) is 12.8. The summed E-state index contributed by atoms with van der Waals surface area (Å²) in [5, 5.41) is 17.7. The second kappa shape index (κ2) is 10.8. The minimum atomic E-state index is -0.796. The van der Waals surface area contributed by atoms with Crippen molar-refractivity contribution < 1.29 is 14.3 Å². The fourth-order valence-corrected chi connectivity index (χ4v) is 5.28. The summed E-state index contributed by atoms with van der Waals surface area (Å²) < 4.78 is 13.6. The maximum Gasteiger partial charge on any atom is 0.229 e. The largest absolute Gasteiger partial charge is 0.388 e. The Morgan fingerprint density at radius 3 is 2.57 bits per heavy atom. The van der Waals surface area contributed by atoms with Gasteiger partial charge in [-0.1, -0.05) is 12.1 Å². The zero-order valence-electron chi connectivity index (χ0n) is 21.0. The van der Waals surface area contributed by atoms with E-state index in [2.05, 4.69) is 25.5 Å². The molecule has 5 rings (SSSR count). The Bertz CT molecular complexity index is 1230. The third kappa shape index (κ3) is 6.06. The number of likely N-dealkylation sites (tertiary alicyclic amines) is 2. The fourth-order valence-electron chi connectivity index (χ4n) is 5.28. The van der Waals surface area contributed by atoms with Gasteiger partial charge in [0.25, 0.3) is 0 Å². The van der Waals surface area contributed by atoms with Gasteiger partial charge in [-0.3, -0.25) is 4.79 Å². The van der Waals surface area contributed by atoms with Crippen molar-refractivity contribution in [2.75, 3.05) is 36.8 Å². The molecule has 3 aromatic rings. The van der Waals surface area contributed by atoms with Gasteiger partial charge in [0, 0.05) is 37.1 Å². The minimum absolute atomic E-state index is 0.171. The molecule has 2 unspecified atom stereocenters. The highest BCUT2D eigenvalue weighted by Gasteiger charge is 2.40. The second-order valence-corrected chi connectivity index (χ2v) is 10.1. The van der Waals surface area contributed by atoms with Crippen molar-refractivity contribution in [1.29, 1.82) is 0 Å². The van der Waals surface area contributed by atoms with Gasteiger partial charge in [0.2, 0.25) is 12.4 Å². The number of carbonyl (C=O) groups is 1. The molecule has 9 heteroatoms. The topological polar surface area (TPSA) is 93.6 Å². The fraction of sp³-hybridized carbons (Fsp3) is 0.393. The molecule has 0 bridgehead atoms. The average Bonchev–Trinajstić information content (AvgIpc) is 3.39. The number of hydrogen-bond acceptors (Lipinski definition) is 7. The van der Waals surface area contributed by atoms with Crippen LogP contribution >= 0.6 is 0 Å². The first kappa shape index (κ1) is 25.1. The molecule has 3 heterocycles. The Kier molecular flexibility index (Phi) is 7.34. The van der Waals surface area contributed by atoms with Gasteiger partial charge in [-0.05, 0) is 86.8 Å². The molecule has 8 nitrogen and oxygen atoms in total. The van der Waals surface area contributed by atoms with Crippen LogP contribution in [0.15, 0.2) is 54.7 Å². The third-order valence-electron chi connectivity index (χ3n) is 7.30. The van der Waals surface area contributed by atoms with Gasteiger partial charge in [-0.25, -0.2) is 9.37 Å². The number of β-amino-alcohol motifs (C(OH)–C–C–N with tert-alkyl or cyclic N) is 1. The van der Waals surface area contributed by atoms with E-state index in [1.165, 1.54) is 18.9 Å². The van der Waals surface area contributed by atoms with E-state index in [0.717, 1.165) is 36.4 Å². The molecule has 3 N–H and O–H groups in total. The highest BCUT2D eigenvalue weighted by atomic mass is 19.1. The van der Waals surface area contributed by atoms with E-state index in [1.807, 2.05) is 24.3 Å². The summed E-state index contributed by atoms with van der Waals surface area (Å²) in [6.45, 7) is 4.99. The molecule has 0 saturated carbocycles. The predicted octanol–water partition coefficient (Wildman–Crippen LogP) is 4.53. The highest BCUT2D eigenvalue weighted by molar-refractivity contribution is 5.60. The second-order valence-electron chi connectivity index (χ2n) is 10.1. The van der Waals surface area contributed by atoms with Crippen LogP contribution in [-0.4, -0.2) is 63.1 Å². The maximum absolute atomic E-state index is 13.6. The molecule has 37 heavy (non-hydrogen) atoms. The summed E-state index contributed by atoms with van der Waals surface area (Å²) in [6.07, 6.45) is 6.02. The summed E-state index contributed by atoms with van der Waals surface area (Å²) in [5.74, 6) is 0.754. The molecule has 2 aliphatic rings. The number of benzene rings is 2. The van der Waals surface area contributed by atoms with Crippen molar-refractivity contribution in [2.24, 2.45) is 0 Å². The number of anilines is 4. The van der Waals surface area contributed by atoms with Gasteiger partial charge in [0.15, 0.2) is 0 Å². The summed E-state index contributed by atoms with van der Waals surface area (Å²) in [5.41, 5.74) is 2.29. The Morgan fingerprint density at radius 2 is 1.84 bits per heavy atom. The van der Waals surface area contributed by atoms with Crippen molar-refractivity contribution in [2.45, 2.75) is 44.2 Å². The van der Waals surface area contributed by atoms with Crippen LogP contribution in [0.4, 0.5) is 27.5 Å². The monoisotopic (exact) mass is 504 g/mol. The summed E-state index contributed by atoms with van der Waals surface area (Å²) in [7, 11) is 0. The van der Waals surface area contributed by atoms with Crippen LogP contribution in [-0.2, 0) is 4.79 Å². The van der Waals surface area contributed by atoms with Crippen molar-refractivity contribution >= 4 is 29.6 Å². The molecule has 2 saturated heterocycles. The Labute approximate surface area is 216 Å². The van der Waals surface area contributed by atoms with E-state index in [-0.39, 0.29) is 11.9 Å². The van der Waals surface area contributed by atoms with Gasteiger partial charge < -0.3 is 25.5 Å². The lowest BCUT2D eigenvalue weighted by atomic mass is 9.83. The number of piperidine rings is 1. The van der Waals surface area contributed by atoms with E-state index in [1.54, 1.807) is 36.2 Å². The highest BCUT2D eigenvalue weighted by Crippen LogP contribution is 2.37. The first-order chi connectivity index (χ1) is 17.9. The van der Waals surface area contributed by atoms with Crippen LogP contribution in [0.5, 0.6) is 0 Å². The number of aryl methyl sites for hydroxylation is 1. The van der Waals surface area contributed by atoms with Gasteiger partial charge in [0.05, 0.1) is 11.6 Å². The molecule has 0 radical (unpaired) electrons. The van der Waals surface area contributed by atoms with E-state index >= 15 is 0 Å². The van der Waals surface area contributed by atoms with E-state index in [4.69, 9.17) is 0 Å². The number of hydrogen-bond donors (Lipinski definition) is 3. The van der Waals surface area contributed by atoms with Crippen LogP contribution in [0, 0.1) is 12.7 Å². The molecule has 2 aliphatic heterocycles. The van der Waals surface area contributed by atoms with E-state index in [0.29, 0.717) is 43.3 Å². The molecule has 2 atom stereocenters. The van der Waals surface area contributed by atoms with Crippen LogP contribution in [0.2, 0.25) is 0 Å². The number of nitrogens with zero attached hydrogens (tertiary/aromatic N) is 4. The number of aliphatic hydroxyl groups is 1. The molecule has 0 aliphatic carbocycles. The summed E-state index contributed by atoms with van der Waals surface area (Å²) in [6, 6.07) is 14.2. The predicted molar refractivity (Wildman–Crippen MR) is 142 cm³/mol. The number of amides is 1. The lowest BCUT2D eigenvalue weighted by Crippen LogP contribution is -2.51. The van der Waals surface area contributed by atoms with Crippen molar-refractivity contribution in [3.63, 3.8) is 0 Å². The van der Waals surface area contributed by atoms with Crippen LogP contribution in [0.3, 0.4) is 0 Å². The van der Waals surface area contributed by atoms with E-state index < -0.39 is 5.60 Å². The Morgan fingerprint density at radius 1 is 1.08 bits per heavy atom. The lowest BCUT2D eigenvalue weighted by Gasteiger charge is -2.44. The number of rotatable bonds is 8. The van der Waals surface area contributed by atoms with E-state index in [9.17, 15) is 14.3 Å². The van der Waals surface area contributed by atoms with Crippen LogP contribution < -0.4 is 10.6 Å². The molecular weight excluding hydrogens is 471 g/mol. The first-order valence-electron chi connectivity index (χ1n) is 12.8. The zero-order chi connectivity index (χ0) is 25.8. The standard InChI is InChI=1S/C28H33FN6O2/c1-20-16-23(8-9-24(20)29)31-26-10-12-30-27(33-26)32-22-6-4-21(5-7-22)25-17-28(37,11-15-35(25)19-36)18-34-13-2-3-14-34/h4-10,12,16,19,25,37H,2-3,11,13-15,17-18H2,1H3,(H2,30,31,32,33). The Balaban J connectivity index is 1.26. The third-order valence-corrected chi connectivity index (χ3v) is 7.30. The molecule has 1 amide bonds. The number of nitrogens with one attached hydrogen (secondary N) is 2. The minimum Gasteiger partial charge on any atom is -0.388 e. The average molecular weight is 505 g/mol. The number of carbonyl (C=O) groups excluding carboxylic acids is 1. The quantitative estimate of drug-likeness (QED) is 0.388. The normalized spacial score (nSPS) is 22.1. The Hall–Kier alpha value is -3.56. The zero-order valence-corrected chi connectivity index (χ0v) is 21.0. The summed E-state index contributed by atoms with van der Waals surface area (Å²) in [4.78, 5) is 24.7. The van der Waals surface area contributed by atoms with Crippen molar-refractivity contribution in [1.82, 2.24) is 19.8 Å². The molecule has 194 valence electrons. The van der Waals surface area contributed by atoms with Crippen molar-refractivity contribution in [3.05, 3.63) is 71.7 Å². The number of aromatic nitrogens is 2. The maximum atomic E-state index is 13.6. The van der Waals surface area contributed by atoms with Gasteiger partial charge in [0.1, 0.15) is 11.6 Å². The lowest BCUT2D eigenvalue weighted by molar-refractivity contribution is -0.128. The molecule has 1 aromatic heterocycles. The van der Waals surface area contributed by atoms with Crippen LogP contribution in [0.25, 0.3) is 0 Å².